The molecule has 0 atom stereocenters. The molecule has 0 saturated carbocycles. The Bertz CT molecular complexity index is 433. The van der Waals surface area contributed by atoms with E-state index in [9.17, 15) is 12.8 Å². The fraction of sp³-hybridized carbons (Fsp3) is 0.143. The van der Waals surface area contributed by atoms with Crippen LogP contribution in [-0.2, 0) is 10.2 Å². The summed E-state index contributed by atoms with van der Waals surface area (Å²) in [5, 5.41) is 9.16. The van der Waals surface area contributed by atoms with Crippen LogP contribution in [0, 0.1) is 5.82 Å². The lowest BCUT2D eigenvalue weighted by molar-refractivity contribution is 0.471. The number of nitrogens with one attached hydrogen (secondary N) is 2. The molecule has 1 aromatic rings. The predicted octanol–water partition coefficient (Wildman–Crippen LogP) is 0.407. The van der Waals surface area contributed by atoms with Gasteiger partial charge in [-0.3, -0.25) is 4.72 Å². The maximum atomic E-state index is 12.5. The highest BCUT2D eigenvalue weighted by Gasteiger charge is 2.09. The lowest BCUT2D eigenvalue weighted by atomic mass is 10.3. The van der Waals surface area contributed by atoms with E-state index in [4.69, 9.17) is 5.11 Å². The van der Waals surface area contributed by atoms with Crippen molar-refractivity contribution in [1.29, 1.82) is 0 Å². The van der Waals surface area contributed by atoms with E-state index in [0.717, 1.165) is 18.2 Å². The quantitative estimate of drug-likeness (QED) is 0.645. The molecule has 5 nitrogen and oxygen atoms in total. The lowest BCUT2D eigenvalue weighted by Gasteiger charge is -2.07. The van der Waals surface area contributed by atoms with Crippen molar-refractivity contribution >= 4 is 15.9 Å². The maximum Gasteiger partial charge on any atom is 0.298 e. The molecule has 0 fully saturated rings. The van der Waals surface area contributed by atoms with Gasteiger partial charge in [-0.2, -0.15) is 8.42 Å². The Hall–Kier alpha value is -1.34. The van der Waals surface area contributed by atoms with Gasteiger partial charge in [0, 0.05) is 13.1 Å². The molecule has 7 heteroatoms. The molecule has 1 aromatic carbocycles. The van der Waals surface area contributed by atoms with Crippen LogP contribution >= 0.6 is 0 Å². The van der Waals surface area contributed by atoms with Crippen molar-refractivity contribution in [3.63, 3.8) is 0 Å². The van der Waals surface area contributed by atoms with Crippen LogP contribution in [-0.4, -0.2) is 20.6 Å². The molecule has 0 aliphatic heterocycles. The number of rotatable bonds is 3. The van der Waals surface area contributed by atoms with Gasteiger partial charge < -0.3 is 5.11 Å². The first-order chi connectivity index (χ1) is 6.44. The molecule has 0 aliphatic rings. The molecule has 0 unspecified atom stereocenters. The minimum atomic E-state index is -3.69. The molecule has 0 saturated heterocycles. The van der Waals surface area contributed by atoms with Crippen molar-refractivity contribution in [2.45, 2.75) is 0 Å². The fourth-order valence-electron chi connectivity index (χ4n) is 0.787. The number of hydrogen-bond donors (Lipinski definition) is 3. The smallest absolute Gasteiger partial charge is 0.298 e. The summed E-state index contributed by atoms with van der Waals surface area (Å²) in [4.78, 5) is 0. The molecule has 0 bridgehead atoms. The maximum absolute atomic E-state index is 12.5. The second-order valence-corrected chi connectivity index (χ2v) is 4.09. The van der Waals surface area contributed by atoms with Crippen LogP contribution in [0.15, 0.2) is 18.2 Å². The number of phenolic OH excluding ortho intramolecular Hbond substituents is 1. The summed E-state index contributed by atoms with van der Waals surface area (Å²) in [6, 6.07) is 2.97. The first-order valence-corrected chi connectivity index (χ1v) is 5.13. The van der Waals surface area contributed by atoms with Gasteiger partial charge in [-0.15, -0.1) is 0 Å². The first kappa shape index (κ1) is 10.7. The summed E-state index contributed by atoms with van der Waals surface area (Å²) in [5.41, 5.74) is -0.0826. The van der Waals surface area contributed by atoms with E-state index in [1.54, 1.807) is 0 Å². The lowest BCUT2D eigenvalue weighted by Crippen LogP contribution is -2.26. The fourth-order valence-corrected chi connectivity index (χ4v) is 1.35. The Morgan fingerprint density at radius 3 is 2.57 bits per heavy atom. The summed E-state index contributed by atoms with van der Waals surface area (Å²) in [5.74, 6) is -1.11. The molecular formula is C7H9FN2O3S. The zero-order valence-electron chi connectivity index (χ0n) is 7.28. The molecule has 0 spiro atoms. The molecule has 0 heterocycles. The van der Waals surface area contributed by atoms with E-state index < -0.39 is 21.8 Å². The Kier molecular flexibility index (Phi) is 2.92. The molecule has 0 radical (unpaired) electrons. The van der Waals surface area contributed by atoms with E-state index in [2.05, 4.69) is 0 Å². The Morgan fingerprint density at radius 2 is 2.07 bits per heavy atom. The average Bonchev–Trinajstić information content (AvgIpc) is 2.10. The number of halogens is 1. The van der Waals surface area contributed by atoms with E-state index in [0.29, 0.717) is 0 Å². The number of anilines is 1. The third-order valence-electron chi connectivity index (χ3n) is 1.47. The summed E-state index contributed by atoms with van der Waals surface area (Å²) in [6.45, 7) is 0. The van der Waals surface area contributed by atoms with Crippen molar-refractivity contribution in [2.24, 2.45) is 0 Å². The van der Waals surface area contributed by atoms with Crippen LogP contribution in [0.25, 0.3) is 0 Å². The highest BCUT2D eigenvalue weighted by molar-refractivity contribution is 7.90. The SMILES string of the molecule is CNS(=O)(=O)Nc1ccc(F)cc1O. The van der Waals surface area contributed by atoms with Crippen molar-refractivity contribution < 1.29 is 17.9 Å². The second-order valence-electron chi connectivity index (χ2n) is 2.47. The van der Waals surface area contributed by atoms with Gasteiger partial charge in [0.1, 0.15) is 11.6 Å². The van der Waals surface area contributed by atoms with Crippen molar-refractivity contribution in [2.75, 3.05) is 11.8 Å². The molecule has 78 valence electrons. The number of hydrogen-bond acceptors (Lipinski definition) is 3. The number of phenols is 1. The normalized spacial score (nSPS) is 11.3. The van der Waals surface area contributed by atoms with Crippen molar-refractivity contribution in [3.05, 3.63) is 24.0 Å². The molecular weight excluding hydrogens is 211 g/mol. The van der Waals surface area contributed by atoms with Gasteiger partial charge in [-0.1, -0.05) is 0 Å². The largest absolute Gasteiger partial charge is 0.506 e. The van der Waals surface area contributed by atoms with E-state index >= 15 is 0 Å². The van der Waals surface area contributed by atoms with Crippen LogP contribution in [0.2, 0.25) is 0 Å². The zero-order chi connectivity index (χ0) is 10.8. The van der Waals surface area contributed by atoms with Gasteiger partial charge in [0.05, 0.1) is 5.69 Å². The Labute approximate surface area is 80.8 Å². The third kappa shape index (κ3) is 2.57. The Balaban J connectivity index is 2.99. The van der Waals surface area contributed by atoms with Gasteiger partial charge in [-0.05, 0) is 12.1 Å². The standard InChI is InChI=1S/C7H9FN2O3S/c1-9-14(12,13)10-6-3-2-5(8)4-7(6)11/h2-4,9-11H,1H3. The van der Waals surface area contributed by atoms with Gasteiger partial charge in [0.15, 0.2) is 0 Å². The second kappa shape index (κ2) is 3.81. The zero-order valence-corrected chi connectivity index (χ0v) is 8.10. The molecule has 0 amide bonds. The van der Waals surface area contributed by atoms with Crippen LogP contribution in [0.1, 0.15) is 0 Å². The molecule has 0 aromatic heterocycles. The molecule has 14 heavy (non-hydrogen) atoms. The van der Waals surface area contributed by atoms with Gasteiger partial charge in [0.2, 0.25) is 0 Å². The summed E-state index contributed by atoms with van der Waals surface area (Å²) < 4.78 is 38.5. The molecule has 1 rings (SSSR count). The van der Waals surface area contributed by atoms with E-state index in [1.807, 2.05) is 9.44 Å². The van der Waals surface area contributed by atoms with E-state index in [-0.39, 0.29) is 5.69 Å². The van der Waals surface area contributed by atoms with Crippen LogP contribution in [0.3, 0.4) is 0 Å². The van der Waals surface area contributed by atoms with Gasteiger partial charge in [0.25, 0.3) is 10.2 Å². The predicted molar refractivity (Wildman–Crippen MR) is 49.7 cm³/mol. The van der Waals surface area contributed by atoms with Crippen LogP contribution in [0.4, 0.5) is 10.1 Å². The third-order valence-corrected chi connectivity index (χ3v) is 2.50. The van der Waals surface area contributed by atoms with Crippen LogP contribution < -0.4 is 9.44 Å². The summed E-state index contributed by atoms with van der Waals surface area (Å²) >= 11 is 0. The molecule has 3 N–H and O–H groups in total. The van der Waals surface area contributed by atoms with Crippen molar-refractivity contribution in [1.82, 2.24) is 4.72 Å². The monoisotopic (exact) mass is 220 g/mol. The Morgan fingerprint density at radius 1 is 1.43 bits per heavy atom. The van der Waals surface area contributed by atoms with Crippen LogP contribution in [0.5, 0.6) is 5.75 Å². The summed E-state index contributed by atoms with van der Waals surface area (Å²) in [6.07, 6.45) is 0. The summed E-state index contributed by atoms with van der Waals surface area (Å²) in [7, 11) is -2.48. The first-order valence-electron chi connectivity index (χ1n) is 3.64. The average molecular weight is 220 g/mol. The topological polar surface area (TPSA) is 78.4 Å². The van der Waals surface area contributed by atoms with Gasteiger partial charge in [-0.25, -0.2) is 9.11 Å². The molecule has 0 aliphatic carbocycles. The minimum Gasteiger partial charge on any atom is -0.506 e. The minimum absolute atomic E-state index is 0.0826. The van der Waals surface area contributed by atoms with E-state index in [1.165, 1.54) is 7.05 Å². The van der Waals surface area contributed by atoms with Crippen molar-refractivity contribution in [3.8, 4) is 5.75 Å². The highest BCUT2D eigenvalue weighted by Crippen LogP contribution is 2.23. The highest BCUT2D eigenvalue weighted by atomic mass is 32.2. The van der Waals surface area contributed by atoms with Gasteiger partial charge >= 0.3 is 0 Å². The number of aromatic hydroxyl groups is 1. The number of benzene rings is 1.